The second-order valence-electron chi connectivity index (χ2n) is 7.68. The maximum Gasteiger partial charge on any atom is 0.409 e. The van der Waals surface area contributed by atoms with E-state index in [4.69, 9.17) is 24.3 Å². The van der Waals surface area contributed by atoms with Crippen LogP contribution in [0.3, 0.4) is 0 Å². The van der Waals surface area contributed by atoms with Crippen LogP contribution >= 0.6 is 0 Å². The number of carbonyl (C=O) groups is 1. The molecule has 3 heterocycles. The number of para-hydroxylation sites is 1. The average Bonchev–Trinajstić information content (AvgIpc) is 2.82. The van der Waals surface area contributed by atoms with Crippen molar-refractivity contribution in [3.63, 3.8) is 0 Å². The maximum absolute atomic E-state index is 11.0. The van der Waals surface area contributed by atoms with Gasteiger partial charge in [0.2, 0.25) is 5.88 Å². The van der Waals surface area contributed by atoms with Crippen molar-refractivity contribution >= 4 is 17.5 Å². The van der Waals surface area contributed by atoms with Crippen LogP contribution in [-0.2, 0) is 11.2 Å². The first kappa shape index (κ1) is 20.1. The molecule has 2 aromatic carbocycles. The highest BCUT2D eigenvalue weighted by Crippen LogP contribution is 2.43. The number of fused-ring (bicyclic) bond motifs is 2. The van der Waals surface area contributed by atoms with Crippen LogP contribution in [0.25, 0.3) is 11.3 Å². The molecule has 0 atom stereocenters. The Kier molecular flexibility index (Phi) is 5.28. The molecular weight excluding hydrogens is 410 g/mol. The third kappa shape index (κ3) is 3.92. The molecular formula is C24H23N3O5. The van der Waals surface area contributed by atoms with Gasteiger partial charge in [0.15, 0.2) is 0 Å². The summed E-state index contributed by atoms with van der Waals surface area (Å²) in [6.07, 6.45) is -0.460. The molecule has 2 aliphatic rings. The monoisotopic (exact) mass is 433 g/mol. The van der Waals surface area contributed by atoms with Gasteiger partial charge in [0, 0.05) is 53.6 Å². The Morgan fingerprint density at radius 2 is 1.97 bits per heavy atom. The van der Waals surface area contributed by atoms with Gasteiger partial charge in [0.05, 0.1) is 26.0 Å². The minimum absolute atomic E-state index is 0.518. The van der Waals surface area contributed by atoms with Crippen LogP contribution in [0.2, 0.25) is 0 Å². The first-order chi connectivity index (χ1) is 15.6. The number of rotatable bonds is 4. The van der Waals surface area contributed by atoms with Crippen LogP contribution in [0.15, 0.2) is 48.5 Å². The van der Waals surface area contributed by atoms with E-state index in [9.17, 15) is 4.79 Å². The third-order valence-corrected chi connectivity index (χ3v) is 5.65. The number of nitrogens with zero attached hydrogens (tertiary/aromatic N) is 2. The topological polar surface area (TPSA) is 93.2 Å². The predicted octanol–water partition coefficient (Wildman–Crippen LogP) is 4.38. The molecule has 1 fully saturated rings. The van der Waals surface area contributed by atoms with E-state index in [0.29, 0.717) is 37.0 Å². The molecule has 1 saturated heterocycles. The van der Waals surface area contributed by atoms with Crippen molar-refractivity contribution in [3.8, 4) is 28.6 Å². The van der Waals surface area contributed by atoms with E-state index in [0.717, 1.165) is 46.9 Å². The highest BCUT2D eigenvalue weighted by molar-refractivity contribution is 5.83. The number of hydrogen-bond acceptors (Lipinski definition) is 6. The molecule has 32 heavy (non-hydrogen) atoms. The molecule has 8 nitrogen and oxygen atoms in total. The van der Waals surface area contributed by atoms with Gasteiger partial charge < -0.3 is 24.2 Å². The fourth-order valence-corrected chi connectivity index (χ4v) is 4.12. The Bertz CT molecular complexity index is 1170. The number of hydrogen-bond donors (Lipinski definition) is 2. The summed E-state index contributed by atoms with van der Waals surface area (Å²) in [5.74, 6) is 2.01. The van der Waals surface area contributed by atoms with E-state index in [1.807, 2.05) is 24.3 Å². The minimum atomic E-state index is -1.09. The number of nitrogens with one attached hydrogen (secondary N) is 1. The highest BCUT2D eigenvalue weighted by atomic mass is 16.5. The van der Waals surface area contributed by atoms with Crippen LogP contribution in [0.4, 0.5) is 16.2 Å². The normalized spacial score (nSPS) is 14.7. The van der Waals surface area contributed by atoms with Gasteiger partial charge in [-0.2, -0.15) is 0 Å². The standard InChI is InChI=1S/C24H23N3O5/c1-30-22-14-18(27-7-9-31-10-8-27)13-20(26-22)19-4-2-3-15-11-16-12-17(25-24(28)29)5-6-21(16)32-23(15)19/h2-6,12-14,25H,7-11H2,1H3,(H,28,29). The van der Waals surface area contributed by atoms with Crippen molar-refractivity contribution in [1.82, 2.24) is 4.98 Å². The molecule has 2 N–H and O–H groups in total. The Morgan fingerprint density at radius 1 is 1.12 bits per heavy atom. The number of carboxylic acid groups (broad SMARTS) is 1. The molecule has 1 aromatic heterocycles. The number of amides is 1. The van der Waals surface area contributed by atoms with Crippen molar-refractivity contribution in [3.05, 3.63) is 59.7 Å². The van der Waals surface area contributed by atoms with Crippen molar-refractivity contribution in [2.24, 2.45) is 0 Å². The molecule has 1 amide bonds. The number of morpholine rings is 1. The van der Waals surface area contributed by atoms with Crippen LogP contribution in [0, 0.1) is 0 Å². The molecule has 0 spiro atoms. The second kappa shape index (κ2) is 8.39. The van der Waals surface area contributed by atoms with Crippen LogP contribution in [-0.4, -0.2) is 49.6 Å². The first-order valence-electron chi connectivity index (χ1n) is 10.4. The molecule has 2 aliphatic heterocycles. The van der Waals surface area contributed by atoms with Gasteiger partial charge >= 0.3 is 6.09 Å². The maximum atomic E-state index is 11.0. The SMILES string of the molecule is COc1cc(N2CCOCC2)cc(-c2cccc3c2Oc2ccc(NC(=O)O)cc2C3)n1. The zero-order chi connectivity index (χ0) is 22.1. The summed E-state index contributed by atoms with van der Waals surface area (Å²) >= 11 is 0. The quantitative estimate of drug-likeness (QED) is 0.493. The lowest BCUT2D eigenvalue weighted by molar-refractivity contribution is 0.122. The highest BCUT2D eigenvalue weighted by Gasteiger charge is 2.23. The summed E-state index contributed by atoms with van der Waals surface area (Å²) in [6, 6.07) is 15.3. The molecule has 3 aromatic rings. The van der Waals surface area contributed by atoms with E-state index in [2.05, 4.69) is 16.3 Å². The molecule has 0 bridgehead atoms. The van der Waals surface area contributed by atoms with Gasteiger partial charge in [-0.25, -0.2) is 9.78 Å². The van der Waals surface area contributed by atoms with Gasteiger partial charge in [0.25, 0.3) is 0 Å². The lowest BCUT2D eigenvalue weighted by atomic mass is 9.96. The van der Waals surface area contributed by atoms with Crippen molar-refractivity contribution in [1.29, 1.82) is 0 Å². The number of ether oxygens (including phenoxy) is 3. The molecule has 164 valence electrons. The summed E-state index contributed by atoms with van der Waals surface area (Å²) in [5.41, 5.74) is 5.15. The smallest absolute Gasteiger partial charge is 0.409 e. The predicted molar refractivity (Wildman–Crippen MR) is 120 cm³/mol. The second-order valence-corrected chi connectivity index (χ2v) is 7.68. The lowest BCUT2D eigenvalue weighted by Gasteiger charge is -2.29. The largest absolute Gasteiger partial charge is 0.481 e. The van der Waals surface area contributed by atoms with Crippen molar-refractivity contribution in [2.45, 2.75) is 6.42 Å². The molecule has 8 heteroatoms. The number of methoxy groups -OCH3 is 1. The molecule has 0 aliphatic carbocycles. The van der Waals surface area contributed by atoms with E-state index in [1.54, 1.807) is 25.3 Å². The Hall–Kier alpha value is -3.78. The van der Waals surface area contributed by atoms with Gasteiger partial charge in [-0.15, -0.1) is 0 Å². The van der Waals surface area contributed by atoms with Crippen LogP contribution < -0.4 is 19.7 Å². The van der Waals surface area contributed by atoms with Crippen LogP contribution in [0.5, 0.6) is 17.4 Å². The third-order valence-electron chi connectivity index (χ3n) is 5.65. The molecule has 5 rings (SSSR count). The number of anilines is 2. The van der Waals surface area contributed by atoms with Crippen molar-refractivity contribution < 1.29 is 24.1 Å². The summed E-state index contributed by atoms with van der Waals surface area (Å²) in [7, 11) is 1.62. The molecule has 0 radical (unpaired) electrons. The van der Waals surface area contributed by atoms with Gasteiger partial charge in [-0.1, -0.05) is 12.1 Å². The van der Waals surface area contributed by atoms with E-state index in [-0.39, 0.29) is 0 Å². The fourth-order valence-electron chi connectivity index (χ4n) is 4.12. The summed E-state index contributed by atoms with van der Waals surface area (Å²) < 4.78 is 17.3. The van der Waals surface area contributed by atoms with Gasteiger partial charge in [-0.05, 0) is 30.3 Å². The van der Waals surface area contributed by atoms with E-state index in [1.165, 1.54) is 0 Å². The molecule has 0 saturated carbocycles. The van der Waals surface area contributed by atoms with Gasteiger partial charge in [0.1, 0.15) is 11.5 Å². The summed E-state index contributed by atoms with van der Waals surface area (Å²) in [4.78, 5) is 17.9. The Morgan fingerprint density at radius 3 is 2.75 bits per heavy atom. The van der Waals surface area contributed by atoms with Crippen LogP contribution in [0.1, 0.15) is 11.1 Å². The van der Waals surface area contributed by atoms with E-state index >= 15 is 0 Å². The Balaban J connectivity index is 1.52. The minimum Gasteiger partial charge on any atom is -0.481 e. The zero-order valence-electron chi connectivity index (χ0n) is 17.6. The zero-order valence-corrected chi connectivity index (χ0v) is 17.6. The lowest BCUT2D eigenvalue weighted by Crippen LogP contribution is -2.36. The van der Waals surface area contributed by atoms with Gasteiger partial charge in [-0.3, -0.25) is 5.32 Å². The Labute approximate surface area is 185 Å². The number of aromatic nitrogens is 1. The average molecular weight is 433 g/mol. The first-order valence-corrected chi connectivity index (χ1v) is 10.4. The number of pyridine rings is 1. The molecule has 0 unspecified atom stereocenters. The summed E-state index contributed by atoms with van der Waals surface area (Å²) in [5, 5.41) is 11.4. The van der Waals surface area contributed by atoms with E-state index < -0.39 is 6.09 Å². The number of benzene rings is 2. The van der Waals surface area contributed by atoms with Crippen molar-refractivity contribution in [2.75, 3.05) is 43.6 Å². The summed E-state index contributed by atoms with van der Waals surface area (Å²) in [6.45, 7) is 3.02. The fraction of sp³-hybridized carbons (Fsp3) is 0.250.